The largest absolute Gasteiger partial charge is 2.00 e. The normalized spacial score (nSPS) is 11.8. The summed E-state index contributed by atoms with van der Waals surface area (Å²) in [5.41, 5.74) is 3.95. The Morgan fingerprint density at radius 3 is 0.753 bits per heavy atom. The first-order valence-corrected chi connectivity index (χ1v) is 34.8. The zero-order chi connectivity index (χ0) is 55.0. The molecule has 4 rings (SSSR count). The summed E-state index contributed by atoms with van der Waals surface area (Å²) in [6.45, 7) is 9.01. The fourth-order valence-corrected chi connectivity index (χ4v) is 13.0. The van der Waals surface area contributed by atoms with Gasteiger partial charge in [-0.25, -0.2) is 16.8 Å². The third-order valence-electron chi connectivity index (χ3n) is 15.9. The van der Waals surface area contributed by atoms with E-state index in [2.05, 4.69) is 39.8 Å². The molecule has 0 heterocycles. The fourth-order valence-electron chi connectivity index (χ4n) is 11.4. The molecule has 0 aromatic heterocycles. The summed E-state index contributed by atoms with van der Waals surface area (Å²) in [6.07, 6.45) is 54.3. The van der Waals surface area contributed by atoms with Gasteiger partial charge in [-0.3, -0.25) is 0 Å². The summed E-state index contributed by atoms with van der Waals surface area (Å²) in [5, 5.41) is 3.11. The van der Waals surface area contributed by atoms with Crippen LogP contribution in [0.1, 0.15) is 307 Å². The molecular formula is C68H110BaO6S2. The van der Waals surface area contributed by atoms with Gasteiger partial charge in [0.2, 0.25) is 0 Å². The van der Waals surface area contributed by atoms with Gasteiger partial charge in [-0.15, -0.1) is 0 Å². The third-order valence-corrected chi connectivity index (χ3v) is 17.7. The minimum atomic E-state index is -4.53. The van der Waals surface area contributed by atoms with E-state index in [-0.39, 0.29) is 58.7 Å². The van der Waals surface area contributed by atoms with Gasteiger partial charge in [-0.2, -0.15) is 0 Å². The number of unbranched alkanes of at least 4 members (excludes halogenated alkanes) is 36. The van der Waals surface area contributed by atoms with Gasteiger partial charge >= 0.3 is 48.9 Å². The molecule has 0 aliphatic heterocycles. The maximum Gasteiger partial charge on any atom is 2.00 e. The van der Waals surface area contributed by atoms with Gasteiger partial charge in [0, 0.05) is 10.8 Å². The van der Waals surface area contributed by atoms with Crippen LogP contribution in [-0.2, 0) is 45.9 Å². The molecule has 0 N–H and O–H groups in total. The summed E-state index contributed by atoms with van der Waals surface area (Å²) in [7, 11) is -9.06. The Labute approximate surface area is 514 Å². The van der Waals surface area contributed by atoms with Crippen LogP contribution in [0.25, 0.3) is 21.5 Å². The molecule has 0 bridgehead atoms. The van der Waals surface area contributed by atoms with Crippen molar-refractivity contribution >= 4 is 90.7 Å². The van der Waals surface area contributed by atoms with Crippen molar-refractivity contribution in [2.75, 3.05) is 0 Å². The first kappa shape index (κ1) is 71.9. The molecule has 4 aromatic rings. The van der Waals surface area contributed by atoms with Gasteiger partial charge in [-0.05, 0) is 96.5 Å². The van der Waals surface area contributed by atoms with Crippen LogP contribution in [-0.4, -0.2) is 74.8 Å². The van der Waals surface area contributed by atoms with Gasteiger partial charge in [0.1, 0.15) is 20.2 Å². The molecule has 0 aliphatic rings. The standard InChI is InChI=1S/2C34H56O3S.Ba/c2*1-3-5-7-9-11-13-15-17-19-21-24-30-28-32-27-23-26-31(34(32)33(29-30)38(35,36)37)25-22-20-18-16-14-12-10-8-6-4-2;/h2*23,26-29H,3-22,24-25H2,1-2H3,(H,35,36,37);/q;;+2/p-2. The van der Waals surface area contributed by atoms with Crippen molar-refractivity contribution < 1.29 is 25.9 Å². The van der Waals surface area contributed by atoms with Gasteiger partial charge in [0.05, 0.1) is 9.79 Å². The van der Waals surface area contributed by atoms with Crippen molar-refractivity contribution in [3.63, 3.8) is 0 Å². The van der Waals surface area contributed by atoms with E-state index in [4.69, 9.17) is 0 Å². The Morgan fingerprint density at radius 1 is 0.299 bits per heavy atom. The molecule has 6 nitrogen and oxygen atoms in total. The number of benzene rings is 4. The number of hydrogen-bond acceptors (Lipinski definition) is 6. The molecule has 9 heteroatoms. The van der Waals surface area contributed by atoms with E-state index in [0.717, 1.165) is 110 Å². The van der Waals surface area contributed by atoms with Gasteiger partial charge in [-0.1, -0.05) is 307 Å². The zero-order valence-corrected chi connectivity index (χ0v) is 55.9. The van der Waals surface area contributed by atoms with E-state index in [1.165, 1.54) is 205 Å². The van der Waals surface area contributed by atoms with Crippen LogP contribution in [0.5, 0.6) is 0 Å². The molecule has 0 spiro atoms. The van der Waals surface area contributed by atoms with E-state index in [0.29, 0.717) is 10.8 Å². The Balaban J connectivity index is 0.000000520. The van der Waals surface area contributed by atoms with Crippen LogP contribution >= 0.6 is 0 Å². The van der Waals surface area contributed by atoms with E-state index in [1.807, 2.05) is 36.4 Å². The predicted molar refractivity (Wildman–Crippen MR) is 332 cm³/mol. The van der Waals surface area contributed by atoms with Gasteiger partial charge in [0.15, 0.2) is 0 Å². The van der Waals surface area contributed by atoms with Gasteiger partial charge in [0.25, 0.3) is 0 Å². The van der Waals surface area contributed by atoms with Crippen LogP contribution < -0.4 is 0 Å². The molecule has 0 atom stereocenters. The van der Waals surface area contributed by atoms with Crippen molar-refractivity contribution in [1.29, 1.82) is 0 Å². The molecule has 0 fully saturated rings. The van der Waals surface area contributed by atoms with Crippen LogP contribution in [0.2, 0.25) is 0 Å². The van der Waals surface area contributed by atoms with E-state index >= 15 is 0 Å². The molecule has 0 saturated heterocycles. The van der Waals surface area contributed by atoms with Crippen molar-refractivity contribution in [2.45, 2.75) is 320 Å². The topological polar surface area (TPSA) is 114 Å². The Hall–Kier alpha value is -1.21. The molecular weight excluding hydrogens is 1110 g/mol. The Morgan fingerprint density at radius 2 is 0.519 bits per heavy atom. The fraction of sp³-hybridized carbons (Fsp3) is 0.706. The van der Waals surface area contributed by atoms with Gasteiger partial charge < -0.3 is 9.11 Å². The molecule has 432 valence electrons. The van der Waals surface area contributed by atoms with Crippen LogP contribution in [0.15, 0.2) is 70.5 Å². The Kier molecular flexibility index (Phi) is 42.3. The second-order valence-corrected chi connectivity index (χ2v) is 25.6. The van der Waals surface area contributed by atoms with Crippen molar-refractivity contribution in [3.05, 3.63) is 82.9 Å². The molecule has 0 unspecified atom stereocenters. The van der Waals surface area contributed by atoms with Crippen molar-refractivity contribution in [3.8, 4) is 0 Å². The second kappa shape index (κ2) is 45.3. The first-order valence-electron chi connectivity index (χ1n) is 31.9. The number of aryl methyl sites for hydroxylation is 4. The van der Waals surface area contributed by atoms with Crippen LogP contribution in [0, 0.1) is 0 Å². The minimum Gasteiger partial charge on any atom is -0.744 e. The molecule has 77 heavy (non-hydrogen) atoms. The SMILES string of the molecule is CCCCCCCCCCCCc1cc(S(=O)(=O)[O-])c2c(CCCCCCCCCCCC)cccc2c1.CCCCCCCCCCCCc1cc(S(=O)(=O)[O-])c2c(CCCCCCCCCCCC)cccc2c1.[Ba+2]. The number of fused-ring (bicyclic) bond motifs is 2. The van der Waals surface area contributed by atoms with E-state index < -0.39 is 20.2 Å². The monoisotopic (exact) mass is 1220 g/mol. The molecule has 0 amide bonds. The first-order chi connectivity index (χ1) is 36.9. The number of hydrogen-bond donors (Lipinski definition) is 0. The molecule has 0 radical (unpaired) electrons. The maximum atomic E-state index is 12.3. The zero-order valence-electron chi connectivity index (χ0n) is 49.9. The summed E-state index contributed by atoms with van der Waals surface area (Å²) in [6, 6.07) is 19.5. The predicted octanol–water partition coefficient (Wildman–Crippen LogP) is 21.0. The summed E-state index contributed by atoms with van der Waals surface area (Å²) < 4.78 is 73.7. The third kappa shape index (κ3) is 32.3. The number of rotatable bonds is 46. The van der Waals surface area contributed by atoms with Crippen molar-refractivity contribution in [1.82, 2.24) is 0 Å². The summed E-state index contributed by atoms with van der Waals surface area (Å²) >= 11 is 0. The average Bonchev–Trinajstić information content (AvgIpc) is 3.40. The van der Waals surface area contributed by atoms with Crippen LogP contribution in [0.3, 0.4) is 0 Å². The van der Waals surface area contributed by atoms with E-state index in [9.17, 15) is 25.9 Å². The van der Waals surface area contributed by atoms with Crippen molar-refractivity contribution in [2.24, 2.45) is 0 Å². The summed E-state index contributed by atoms with van der Waals surface area (Å²) in [5.74, 6) is 0. The average molecular weight is 1230 g/mol. The molecule has 0 aliphatic carbocycles. The smallest absolute Gasteiger partial charge is 0.744 e. The molecule has 4 aromatic carbocycles. The Bertz CT molecular complexity index is 2160. The second-order valence-electron chi connectivity index (χ2n) is 22.9. The quantitative estimate of drug-likeness (QED) is 0.0247. The summed E-state index contributed by atoms with van der Waals surface area (Å²) in [4.78, 5) is -0.0282. The maximum absolute atomic E-state index is 12.3. The van der Waals surface area contributed by atoms with E-state index in [1.54, 1.807) is 12.1 Å². The van der Waals surface area contributed by atoms with Crippen LogP contribution in [0.4, 0.5) is 0 Å². The molecule has 0 saturated carbocycles. The minimum absolute atomic E-state index is 0.